The van der Waals surface area contributed by atoms with E-state index < -0.39 is 0 Å². The topological polar surface area (TPSA) is 43.1 Å². The van der Waals surface area contributed by atoms with E-state index in [4.69, 9.17) is 0 Å². The second-order valence-electron chi connectivity index (χ2n) is 4.37. The minimum atomic E-state index is -0.384. The van der Waals surface area contributed by atoms with Gasteiger partial charge in [-0.15, -0.1) is 0 Å². The van der Waals surface area contributed by atoms with Crippen molar-refractivity contribution in [1.82, 2.24) is 0 Å². The highest BCUT2D eigenvalue weighted by Gasteiger charge is 2.08. The lowest BCUT2D eigenvalue weighted by molar-refractivity contribution is -0.384. The minimum Gasteiger partial charge on any atom is -0.258 e. The summed E-state index contributed by atoms with van der Waals surface area (Å²) in [4.78, 5) is 10.2. The standard InChI is InChI=1S/C16H11NO2/c18-17(19)16-8-6-12(7-9-16)15-10-13-4-2-1-3-5-14(13)11-15/h1-11H. The van der Waals surface area contributed by atoms with E-state index in [2.05, 4.69) is 24.3 Å². The Bertz CT molecular complexity index is 673. The van der Waals surface area contributed by atoms with Gasteiger partial charge in [0.1, 0.15) is 0 Å². The quantitative estimate of drug-likeness (QED) is 0.500. The number of hydrogen-bond acceptors (Lipinski definition) is 2. The summed E-state index contributed by atoms with van der Waals surface area (Å²) in [7, 11) is 0. The number of nitro benzene ring substituents is 1. The van der Waals surface area contributed by atoms with Gasteiger partial charge in [0.2, 0.25) is 0 Å². The maximum Gasteiger partial charge on any atom is 0.269 e. The highest BCUT2D eigenvalue weighted by atomic mass is 16.6. The molecule has 92 valence electrons. The Morgan fingerprint density at radius 2 is 1.26 bits per heavy atom. The maximum atomic E-state index is 10.6. The first kappa shape index (κ1) is 11.4. The lowest BCUT2D eigenvalue weighted by atomic mass is 10.1. The van der Waals surface area contributed by atoms with Crippen molar-refractivity contribution < 1.29 is 4.92 Å². The van der Waals surface area contributed by atoms with Crippen LogP contribution in [0.1, 0.15) is 0 Å². The van der Waals surface area contributed by atoms with Crippen LogP contribution in [0.5, 0.6) is 0 Å². The number of non-ortho nitro benzene ring substituents is 1. The Hall–Kier alpha value is -2.68. The summed E-state index contributed by atoms with van der Waals surface area (Å²) in [5, 5.41) is 10.6. The van der Waals surface area contributed by atoms with E-state index in [1.165, 1.54) is 23.3 Å². The first-order chi connectivity index (χ1) is 9.24. The van der Waals surface area contributed by atoms with Gasteiger partial charge in [-0.3, -0.25) is 10.1 Å². The van der Waals surface area contributed by atoms with E-state index in [1.807, 2.05) is 18.2 Å². The molecule has 0 spiro atoms. The average Bonchev–Trinajstić information content (AvgIpc) is 2.70. The fraction of sp³-hybridized carbons (Fsp3) is 0. The normalized spacial score (nSPS) is 10.5. The van der Waals surface area contributed by atoms with Crippen LogP contribution < -0.4 is 0 Å². The van der Waals surface area contributed by atoms with Crippen LogP contribution in [-0.2, 0) is 0 Å². The Labute approximate surface area is 110 Å². The summed E-state index contributed by atoms with van der Waals surface area (Å²) < 4.78 is 0. The van der Waals surface area contributed by atoms with Gasteiger partial charge in [0.25, 0.3) is 5.69 Å². The van der Waals surface area contributed by atoms with E-state index >= 15 is 0 Å². The molecule has 3 nitrogen and oxygen atoms in total. The van der Waals surface area contributed by atoms with Gasteiger partial charge in [0, 0.05) is 12.1 Å². The van der Waals surface area contributed by atoms with E-state index in [9.17, 15) is 10.1 Å². The molecule has 0 radical (unpaired) electrons. The van der Waals surface area contributed by atoms with Crippen molar-refractivity contribution in [2.75, 3.05) is 0 Å². The molecule has 2 aliphatic carbocycles. The van der Waals surface area contributed by atoms with E-state index in [1.54, 1.807) is 12.1 Å². The van der Waals surface area contributed by atoms with Gasteiger partial charge in [-0.05, 0) is 46.5 Å². The van der Waals surface area contributed by atoms with Crippen LogP contribution in [0.15, 0.2) is 66.7 Å². The van der Waals surface area contributed by atoms with E-state index in [-0.39, 0.29) is 10.6 Å². The smallest absolute Gasteiger partial charge is 0.258 e. The molecule has 0 amide bonds. The first-order valence-electron chi connectivity index (χ1n) is 5.98. The van der Waals surface area contributed by atoms with E-state index in [0.717, 1.165) is 11.1 Å². The molecule has 1 aromatic carbocycles. The zero-order chi connectivity index (χ0) is 13.2. The third-order valence-corrected chi connectivity index (χ3v) is 3.14. The van der Waals surface area contributed by atoms with Crippen molar-refractivity contribution in [1.29, 1.82) is 0 Å². The summed E-state index contributed by atoms with van der Waals surface area (Å²) in [6.07, 6.45) is 0. The highest BCUT2D eigenvalue weighted by Crippen LogP contribution is 2.32. The van der Waals surface area contributed by atoms with Gasteiger partial charge >= 0.3 is 0 Å². The third-order valence-electron chi connectivity index (χ3n) is 3.14. The molecule has 3 heteroatoms. The van der Waals surface area contributed by atoms with Crippen molar-refractivity contribution in [2.24, 2.45) is 0 Å². The van der Waals surface area contributed by atoms with Gasteiger partial charge < -0.3 is 0 Å². The van der Waals surface area contributed by atoms with Crippen LogP contribution in [0.3, 0.4) is 0 Å². The minimum absolute atomic E-state index is 0.117. The Balaban J connectivity index is 2.05. The molecule has 0 N–H and O–H groups in total. The van der Waals surface area contributed by atoms with Gasteiger partial charge in [0.05, 0.1) is 4.92 Å². The predicted octanol–water partition coefficient (Wildman–Crippen LogP) is 4.37. The molecule has 1 aromatic rings. The van der Waals surface area contributed by atoms with Crippen molar-refractivity contribution in [3.8, 4) is 22.3 Å². The number of rotatable bonds is 2. The zero-order valence-electron chi connectivity index (χ0n) is 10.1. The van der Waals surface area contributed by atoms with Crippen LogP contribution >= 0.6 is 0 Å². The lowest BCUT2D eigenvalue weighted by Crippen LogP contribution is -1.86. The summed E-state index contributed by atoms with van der Waals surface area (Å²) >= 11 is 0. The molecule has 3 rings (SSSR count). The molecule has 19 heavy (non-hydrogen) atoms. The molecule has 0 unspecified atom stereocenters. The Kier molecular flexibility index (Phi) is 2.72. The number of nitro groups is 1. The number of nitrogens with zero attached hydrogens (tertiary/aromatic N) is 1. The Morgan fingerprint density at radius 3 is 1.79 bits per heavy atom. The van der Waals surface area contributed by atoms with Crippen molar-refractivity contribution in [3.63, 3.8) is 0 Å². The van der Waals surface area contributed by atoms with Gasteiger partial charge in [-0.25, -0.2) is 0 Å². The summed E-state index contributed by atoms with van der Waals surface area (Å²) in [6.45, 7) is 0. The highest BCUT2D eigenvalue weighted by molar-refractivity contribution is 5.80. The summed E-state index contributed by atoms with van der Waals surface area (Å²) in [5.74, 6) is 0. The largest absolute Gasteiger partial charge is 0.269 e. The Morgan fingerprint density at radius 1 is 0.684 bits per heavy atom. The van der Waals surface area contributed by atoms with Gasteiger partial charge in [0.15, 0.2) is 0 Å². The van der Waals surface area contributed by atoms with Crippen LogP contribution in [0.2, 0.25) is 0 Å². The second-order valence-corrected chi connectivity index (χ2v) is 4.37. The molecule has 0 heterocycles. The molecular weight excluding hydrogens is 238 g/mol. The lowest BCUT2D eigenvalue weighted by Gasteiger charge is -1.96. The van der Waals surface area contributed by atoms with Crippen molar-refractivity contribution >= 4 is 5.69 Å². The summed E-state index contributed by atoms with van der Waals surface area (Å²) in [5.41, 5.74) is 4.52. The van der Waals surface area contributed by atoms with Crippen molar-refractivity contribution in [3.05, 3.63) is 76.8 Å². The van der Waals surface area contributed by atoms with Crippen LogP contribution in [-0.4, -0.2) is 4.92 Å². The molecule has 0 bridgehead atoms. The number of benzene rings is 1. The molecule has 0 fully saturated rings. The van der Waals surface area contributed by atoms with Gasteiger partial charge in [-0.1, -0.05) is 30.3 Å². The fourth-order valence-electron chi connectivity index (χ4n) is 2.16. The monoisotopic (exact) mass is 249 g/mol. The molecule has 0 aliphatic heterocycles. The molecule has 2 aliphatic rings. The predicted molar refractivity (Wildman–Crippen MR) is 75.2 cm³/mol. The zero-order valence-corrected chi connectivity index (χ0v) is 10.1. The van der Waals surface area contributed by atoms with E-state index in [0.29, 0.717) is 0 Å². The van der Waals surface area contributed by atoms with Crippen LogP contribution in [0.25, 0.3) is 22.3 Å². The van der Waals surface area contributed by atoms with Crippen LogP contribution in [0.4, 0.5) is 5.69 Å². The molecule has 0 aromatic heterocycles. The molecule has 0 atom stereocenters. The summed E-state index contributed by atoms with van der Waals surface area (Å²) in [6, 6.07) is 20.9. The SMILES string of the molecule is O=[N+]([O-])c1ccc(-c2cc3cccccc-3c2)cc1. The van der Waals surface area contributed by atoms with Crippen LogP contribution in [0, 0.1) is 10.1 Å². The maximum absolute atomic E-state index is 10.6. The second kappa shape index (κ2) is 4.53. The average molecular weight is 249 g/mol. The molecular formula is C16H11NO2. The number of fused-ring (bicyclic) bond motifs is 1. The third kappa shape index (κ3) is 2.18. The number of hydrogen-bond donors (Lipinski definition) is 0. The first-order valence-corrected chi connectivity index (χ1v) is 5.98. The van der Waals surface area contributed by atoms with Crippen molar-refractivity contribution in [2.45, 2.75) is 0 Å². The molecule has 0 saturated carbocycles. The molecule has 0 saturated heterocycles. The van der Waals surface area contributed by atoms with Gasteiger partial charge in [-0.2, -0.15) is 0 Å². The fourth-order valence-corrected chi connectivity index (χ4v) is 2.16.